The minimum Gasteiger partial charge on any atom is -0.466 e. The van der Waals surface area contributed by atoms with Crippen molar-refractivity contribution in [2.24, 2.45) is 12.1 Å². The van der Waals surface area contributed by atoms with Gasteiger partial charge in [0.1, 0.15) is 0 Å². The van der Waals surface area contributed by atoms with Gasteiger partial charge in [-0.05, 0) is 25.5 Å². The Labute approximate surface area is 180 Å². The van der Waals surface area contributed by atoms with Crippen molar-refractivity contribution in [2.45, 2.75) is 13.8 Å². The number of pyridine rings is 1. The predicted molar refractivity (Wildman–Crippen MR) is 120 cm³/mol. The highest BCUT2D eigenvalue weighted by Gasteiger charge is 2.16. The van der Waals surface area contributed by atoms with Crippen molar-refractivity contribution < 1.29 is 9.53 Å². The third-order valence-corrected chi connectivity index (χ3v) is 4.81. The van der Waals surface area contributed by atoms with Gasteiger partial charge in [-0.15, -0.1) is 5.10 Å². The molecule has 7 nitrogen and oxygen atoms in total. The molecule has 0 aliphatic heterocycles. The number of aryl methyl sites for hydroxylation is 3. The molecule has 0 saturated heterocycles. The Hall–Kier alpha value is -4.00. The zero-order valence-corrected chi connectivity index (χ0v) is 17.7. The highest BCUT2D eigenvalue weighted by molar-refractivity contribution is 6.13. The maximum Gasteiger partial charge on any atom is 0.278 e. The van der Waals surface area contributed by atoms with Crippen LogP contribution in [0.4, 0.5) is 0 Å². The van der Waals surface area contributed by atoms with Crippen molar-refractivity contribution in [1.82, 2.24) is 20.2 Å². The van der Waals surface area contributed by atoms with Crippen LogP contribution in [-0.2, 0) is 11.8 Å². The zero-order chi connectivity index (χ0) is 21.8. The second kappa shape index (κ2) is 8.79. The first-order chi connectivity index (χ1) is 15.0. The van der Waals surface area contributed by atoms with Gasteiger partial charge in [0.05, 0.1) is 11.1 Å². The number of hydrazone groups is 1. The zero-order valence-electron chi connectivity index (χ0n) is 17.7. The smallest absolute Gasteiger partial charge is 0.278 e. The van der Waals surface area contributed by atoms with E-state index in [1.807, 2.05) is 80.6 Å². The minimum absolute atomic E-state index is 0.209. The van der Waals surface area contributed by atoms with Crippen LogP contribution in [0, 0.1) is 13.8 Å². The van der Waals surface area contributed by atoms with E-state index in [0.29, 0.717) is 11.6 Å². The van der Waals surface area contributed by atoms with E-state index in [0.717, 1.165) is 33.4 Å². The average molecular weight is 413 g/mol. The molecule has 1 N–H and O–H groups in total. The summed E-state index contributed by atoms with van der Waals surface area (Å²) >= 11 is 0. The van der Waals surface area contributed by atoms with Gasteiger partial charge in [-0.1, -0.05) is 60.7 Å². The first-order valence-corrected chi connectivity index (χ1v) is 9.94. The van der Waals surface area contributed by atoms with Crippen LogP contribution in [0.15, 0.2) is 71.8 Å². The number of rotatable bonds is 6. The van der Waals surface area contributed by atoms with Gasteiger partial charge in [0.2, 0.25) is 5.88 Å². The molecule has 4 aromatic rings. The lowest BCUT2D eigenvalue weighted by Crippen LogP contribution is -2.26. The minimum atomic E-state index is -0.374. The highest BCUT2D eigenvalue weighted by Crippen LogP contribution is 2.26. The second-order valence-corrected chi connectivity index (χ2v) is 7.22. The maximum atomic E-state index is 12.5. The number of benzene rings is 2. The lowest BCUT2D eigenvalue weighted by Gasteiger charge is -2.08. The molecule has 0 aliphatic carbocycles. The molecule has 4 rings (SSSR count). The molecule has 0 fully saturated rings. The summed E-state index contributed by atoms with van der Waals surface area (Å²) in [5.74, 6) is 0.00820. The number of nitrogens with one attached hydrogen (secondary N) is 1. The standard InChI is InChI=1S/C24H23N5O2/c1-16-14-17(2)25-23-21(16)24(28-29(23)3)31-15-20(30)26-27-22(18-10-6-4-7-11-18)19-12-8-5-9-13-19/h4-14H,15H2,1-3H3,(H,26,30). The van der Waals surface area contributed by atoms with Crippen molar-refractivity contribution in [3.05, 3.63) is 89.1 Å². The van der Waals surface area contributed by atoms with Gasteiger partial charge in [0, 0.05) is 23.9 Å². The Kier molecular flexibility index (Phi) is 5.75. The molecular formula is C24H23N5O2. The fourth-order valence-electron chi connectivity index (χ4n) is 3.42. The molecular weight excluding hydrogens is 390 g/mol. The summed E-state index contributed by atoms with van der Waals surface area (Å²) in [7, 11) is 1.80. The molecule has 0 saturated carbocycles. The largest absolute Gasteiger partial charge is 0.466 e. The third kappa shape index (κ3) is 4.45. The summed E-state index contributed by atoms with van der Waals surface area (Å²) in [4.78, 5) is 17.0. The molecule has 1 amide bonds. The predicted octanol–water partition coefficient (Wildman–Crippen LogP) is 3.53. The topological polar surface area (TPSA) is 81.4 Å². The number of ether oxygens (including phenoxy) is 1. The molecule has 7 heteroatoms. The number of carbonyl (C=O) groups excluding carboxylic acids is 1. The number of fused-ring (bicyclic) bond motifs is 1. The summed E-state index contributed by atoms with van der Waals surface area (Å²) in [5, 5.41) is 9.55. The molecule has 2 aromatic heterocycles. The number of carbonyl (C=O) groups is 1. The van der Waals surface area contributed by atoms with E-state index in [1.54, 1.807) is 11.7 Å². The third-order valence-electron chi connectivity index (χ3n) is 4.81. The van der Waals surface area contributed by atoms with E-state index in [4.69, 9.17) is 4.74 Å². The molecule has 156 valence electrons. The normalized spacial score (nSPS) is 10.7. The fraction of sp³-hybridized carbons (Fsp3) is 0.167. The SMILES string of the molecule is Cc1cc(C)c2c(OCC(=O)NN=C(c3ccccc3)c3ccccc3)nn(C)c2n1. The van der Waals surface area contributed by atoms with Gasteiger partial charge in [0.25, 0.3) is 5.91 Å². The quantitative estimate of drug-likeness (QED) is 0.387. The molecule has 31 heavy (non-hydrogen) atoms. The van der Waals surface area contributed by atoms with Gasteiger partial charge in [0.15, 0.2) is 12.3 Å². The van der Waals surface area contributed by atoms with E-state index in [-0.39, 0.29) is 12.5 Å². The molecule has 0 spiro atoms. The van der Waals surface area contributed by atoms with Crippen LogP contribution < -0.4 is 10.2 Å². The number of hydrogen-bond donors (Lipinski definition) is 1. The molecule has 0 radical (unpaired) electrons. The van der Waals surface area contributed by atoms with Crippen LogP contribution in [0.25, 0.3) is 11.0 Å². The van der Waals surface area contributed by atoms with Gasteiger partial charge in [-0.2, -0.15) is 5.10 Å². The number of nitrogens with zero attached hydrogens (tertiary/aromatic N) is 4. The van der Waals surface area contributed by atoms with Crippen molar-refractivity contribution >= 4 is 22.7 Å². The fourth-order valence-corrected chi connectivity index (χ4v) is 3.42. The van der Waals surface area contributed by atoms with Crippen molar-refractivity contribution in [3.63, 3.8) is 0 Å². The van der Waals surface area contributed by atoms with Crippen LogP contribution in [0.1, 0.15) is 22.4 Å². The molecule has 0 aliphatic rings. The van der Waals surface area contributed by atoms with E-state index in [9.17, 15) is 4.79 Å². The van der Waals surface area contributed by atoms with Crippen LogP contribution in [0.3, 0.4) is 0 Å². The molecule has 2 heterocycles. The van der Waals surface area contributed by atoms with Crippen molar-refractivity contribution in [3.8, 4) is 5.88 Å². The van der Waals surface area contributed by atoms with E-state index < -0.39 is 0 Å². The first-order valence-electron chi connectivity index (χ1n) is 9.94. The van der Waals surface area contributed by atoms with Crippen LogP contribution >= 0.6 is 0 Å². The van der Waals surface area contributed by atoms with E-state index >= 15 is 0 Å². The van der Waals surface area contributed by atoms with Gasteiger partial charge < -0.3 is 4.74 Å². The van der Waals surface area contributed by atoms with Gasteiger partial charge in [-0.3, -0.25) is 4.79 Å². The Bertz CT molecular complexity index is 1210. The summed E-state index contributed by atoms with van der Waals surface area (Å²) in [5.41, 5.74) is 7.71. The number of aromatic nitrogens is 3. The number of hydrogen-bond acceptors (Lipinski definition) is 5. The van der Waals surface area contributed by atoms with E-state index in [1.165, 1.54) is 0 Å². The summed E-state index contributed by atoms with van der Waals surface area (Å²) in [6.07, 6.45) is 0. The lowest BCUT2D eigenvalue weighted by molar-refractivity contribution is -0.123. The first kappa shape index (κ1) is 20.3. The second-order valence-electron chi connectivity index (χ2n) is 7.22. The summed E-state index contributed by atoms with van der Waals surface area (Å²) < 4.78 is 7.37. The van der Waals surface area contributed by atoms with Gasteiger partial charge >= 0.3 is 0 Å². The van der Waals surface area contributed by atoms with Crippen LogP contribution in [-0.4, -0.2) is 33.0 Å². The Balaban J connectivity index is 1.52. The maximum absolute atomic E-state index is 12.5. The molecule has 0 unspecified atom stereocenters. The monoisotopic (exact) mass is 413 g/mol. The molecule has 0 atom stereocenters. The summed E-state index contributed by atoms with van der Waals surface area (Å²) in [6.45, 7) is 3.70. The molecule has 2 aromatic carbocycles. The van der Waals surface area contributed by atoms with Crippen LogP contribution in [0.2, 0.25) is 0 Å². The van der Waals surface area contributed by atoms with Crippen LogP contribution in [0.5, 0.6) is 5.88 Å². The van der Waals surface area contributed by atoms with Crippen molar-refractivity contribution in [2.75, 3.05) is 6.61 Å². The Morgan fingerprint density at radius 1 is 1.03 bits per heavy atom. The lowest BCUT2D eigenvalue weighted by atomic mass is 10.0. The van der Waals surface area contributed by atoms with Crippen molar-refractivity contribution in [1.29, 1.82) is 0 Å². The Morgan fingerprint density at radius 3 is 2.26 bits per heavy atom. The average Bonchev–Trinajstić information content (AvgIpc) is 3.09. The number of amides is 1. The van der Waals surface area contributed by atoms with E-state index in [2.05, 4.69) is 20.6 Å². The highest BCUT2D eigenvalue weighted by atomic mass is 16.5. The van der Waals surface area contributed by atoms with Gasteiger partial charge in [-0.25, -0.2) is 15.1 Å². The summed E-state index contributed by atoms with van der Waals surface area (Å²) in [6, 6.07) is 21.4. The Morgan fingerprint density at radius 2 is 1.65 bits per heavy atom. The molecule has 0 bridgehead atoms.